The van der Waals surface area contributed by atoms with Gasteiger partial charge in [0.2, 0.25) is 0 Å². The number of aromatic nitrogens is 1. The Bertz CT molecular complexity index is 1030. The number of Topliss-reactive ketones (excluding diaryl/α,β-unsaturated/α-hetero) is 1. The first-order chi connectivity index (χ1) is 13.8. The quantitative estimate of drug-likeness (QED) is 0.476. The van der Waals surface area contributed by atoms with Crippen LogP contribution in [0.2, 0.25) is 0 Å². The molecule has 6 nitrogen and oxygen atoms in total. The van der Waals surface area contributed by atoms with Crippen molar-refractivity contribution in [3.63, 3.8) is 0 Å². The molecule has 2 aromatic carbocycles. The number of nitrogens with one attached hydrogen (secondary N) is 1. The molecule has 0 saturated heterocycles. The van der Waals surface area contributed by atoms with Crippen LogP contribution in [-0.2, 0) is 16.1 Å². The van der Waals surface area contributed by atoms with Crippen molar-refractivity contribution in [3.05, 3.63) is 60.3 Å². The minimum Gasteiger partial charge on any atom is -0.406 e. The normalized spacial score (nSPS) is 11.4. The molecule has 9 heteroatoms. The Morgan fingerprint density at radius 3 is 2.41 bits per heavy atom. The maximum Gasteiger partial charge on any atom is 0.573 e. The smallest absolute Gasteiger partial charge is 0.406 e. The highest BCUT2D eigenvalue weighted by Crippen LogP contribution is 2.25. The number of anilines is 1. The van der Waals surface area contributed by atoms with Gasteiger partial charge in [-0.1, -0.05) is 18.2 Å². The van der Waals surface area contributed by atoms with Gasteiger partial charge in [0.05, 0.1) is 12.2 Å². The van der Waals surface area contributed by atoms with Gasteiger partial charge in [0, 0.05) is 36.4 Å². The standard InChI is InChI=1S/C20H17F3N2O4/c1-28-11-10-25-12-16(15-4-2-3-5-17(15)25)18(26)19(27)24-13-6-8-14(9-7-13)29-20(21,22)23/h2-9,12H,10-11H2,1H3,(H,24,27). The molecule has 0 fully saturated rings. The third-order valence-corrected chi connectivity index (χ3v) is 4.12. The fraction of sp³-hybridized carbons (Fsp3) is 0.200. The second-order valence-electron chi connectivity index (χ2n) is 6.10. The first-order valence-electron chi connectivity index (χ1n) is 8.57. The number of carbonyl (C=O) groups is 2. The van der Waals surface area contributed by atoms with E-state index in [1.807, 2.05) is 16.7 Å². The van der Waals surface area contributed by atoms with Crippen molar-refractivity contribution >= 4 is 28.3 Å². The van der Waals surface area contributed by atoms with Crippen molar-refractivity contribution in [3.8, 4) is 5.75 Å². The van der Waals surface area contributed by atoms with Crippen LogP contribution >= 0.6 is 0 Å². The number of rotatable bonds is 7. The molecule has 29 heavy (non-hydrogen) atoms. The van der Waals surface area contributed by atoms with E-state index < -0.39 is 23.8 Å². The maximum atomic E-state index is 12.7. The van der Waals surface area contributed by atoms with Gasteiger partial charge in [-0.15, -0.1) is 13.2 Å². The van der Waals surface area contributed by atoms with Crippen LogP contribution < -0.4 is 10.1 Å². The minimum atomic E-state index is -4.81. The summed E-state index contributed by atoms with van der Waals surface area (Å²) in [7, 11) is 1.57. The average Bonchev–Trinajstić information content (AvgIpc) is 3.05. The van der Waals surface area contributed by atoms with E-state index >= 15 is 0 Å². The van der Waals surface area contributed by atoms with E-state index in [2.05, 4.69) is 10.1 Å². The van der Waals surface area contributed by atoms with Crippen LogP contribution in [0.1, 0.15) is 10.4 Å². The molecule has 3 aromatic rings. The molecule has 0 spiro atoms. The molecular weight excluding hydrogens is 389 g/mol. The Kier molecular flexibility index (Phi) is 5.88. The topological polar surface area (TPSA) is 69.6 Å². The van der Waals surface area contributed by atoms with Gasteiger partial charge in [-0.3, -0.25) is 9.59 Å². The number of para-hydroxylation sites is 1. The number of amides is 1. The van der Waals surface area contributed by atoms with Crippen LogP contribution in [0, 0.1) is 0 Å². The molecule has 0 radical (unpaired) electrons. The average molecular weight is 406 g/mol. The largest absolute Gasteiger partial charge is 0.573 e. The van der Waals surface area contributed by atoms with E-state index in [0.29, 0.717) is 18.5 Å². The zero-order valence-corrected chi connectivity index (χ0v) is 15.3. The third kappa shape index (κ3) is 4.94. The third-order valence-electron chi connectivity index (χ3n) is 4.12. The summed E-state index contributed by atoms with van der Waals surface area (Å²) in [5, 5.41) is 3.01. The molecular formula is C20H17F3N2O4. The zero-order valence-electron chi connectivity index (χ0n) is 15.3. The molecule has 0 saturated carbocycles. The number of nitrogens with zero attached hydrogens (tertiary/aromatic N) is 1. The number of halogens is 3. The van der Waals surface area contributed by atoms with Crippen molar-refractivity contribution in [1.82, 2.24) is 4.57 Å². The summed E-state index contributed by atoms with van der Waals surface area (Å²) in [4.78, 5) is 25.1. The van der Waals surface area contributed by atoms with E-state index in [0.717, 1.165) is 17.6 Å². The summed E-state index contributed by atoms with van der Waals surface area (Å²) in [6.07, 6.45) is -3.22. The molecule has 3 rings (SSSR count). The molecule has 0 bridgehead atoms. The van der Waals surface area contributed by atoms with E-state index in [-0.39, 0.29) is 11.3 Å². The van der Waals surface area contributed by atoms with Gasteiger partial charge in [-0.25, -0.2) is 0 Å². The lowest BCUT2D eigenvalue weighted by Gasteiger charge is -2.09. The van der Waals surface area contributed by atoms with E-state index in [9.17, 15) is 22.8 Å². The number of benzene rings is 2. The number of methoxy groups -OCH3 is 1. The highest BCUT2D eigenvalue weighted by Gasteiger charge is 2.31. The summed E-state index contributed by atoms with van der Waals surface area (Å²) in [5.74, 6) is -2.08. The Morgan fingerprint density at radius 1 is 1.07 bits per heavy atom. The first kappa shape index (κ1) is 20.4. The SMILES string of the molecule is COCCn1cc(C(=O)C(=O)Nc2ccc(OC(F)(F)F)cc2)c2ccccc21. The van der Waals surface area contributed by atoms with Gasteiger partial charge in [0.1, 0.15) is 5.75 Å². The lowest BCUT2D eigenvalue weighted by atomic mass is 10.1. The predicted molar refractivity (Wildman–Crippen MR) is 99.9 cm³/mol. The summed E-state index contributed by atoms with van der Waals surface area (Å²) in [5.41, 5.74) is 1.18. The van der Waals surface area contributed by atoms with Crippen LogP contribution in [0.15, 0.2) is 54.7 Å². The molecule has 0 aliphatic rings. The molecule has 0 aliphatic heterocycles. The lowest BCUT2D eigenvalue weighted by molar-refractivity contribution is -0.274. The number of alkyl halides is 3. The van der Waals surface area contributed by atoms with Gasteiger partial charge in [-0.05, 0) is 30.3 Å². The number of hydrogen-bond acceptors (Lipinski definition) is 4. The number of fused-ring (bicyclic) bond motifs is 1. The van der Waals surface area contributed by atoms with Gasteiger partial charge in [-0.2, -0.15) is 0 Å². The Hall–Kier alpha value is -3.33. The van der Waals surface area contributed by atoms with Gasteiger partial charge in [0.15, 0.2) is 0 Å². The minimum absolute atomic E-state index is 0.168. The van der Waals surface area contributed by atoms with E-state index in [1.54, 1.807) is 25.4 Å². The van der Waals surface area contributed by atoms with Crippen LogP contribution in [0.4, 0.5) is 18.9 Å². The second kappa shape index (κ2) is 8.36. The van der Waals surface area contributed by atoms with Crippen LogP contribution in [0.5, 0.6) is 5.75 Å². The first-order valence-corrected chi connectivity index (χ1v) is 8.57. The van der Waals surface area contributed by atoms with Crippen LogP contribution in [0.25, 0.3) is 10.9 Å². The number of ether oxygens (including phenoxy) is 2. The summed E-state index contributed by atoms with van der Waals surface area (Å²) in [6, 6.07) is 11.7. The number of carbonyl (C=O) groups excluding carboxylic acids is 2. The fourth-order valence-corrected chi connectivity index (χ4v) is 2.85. The Balaban J connectivity index is 1.77. The summed E-state index contributed by atoms with van der Waals surface area (Å²) >= 11 is 0. The molecule has 1 amide bonds. The van der Waals surface area contributed by atoms with E-state index in [4.69, 9.17) is 4.74 Å². The van der Waals surface area contributed by atoms with Crippen molar-refractivity contribution in [2.75, 3.05) is 19.0 Å². The molecule has 152 valence electrons. The van der Waals surface area contributed by atoms with Gasteiger partial charge < -0.3 is 19.4 Å². The fourth-order valence-electron chi connectivity index (χ4n) is 2.85. The number of ketones is 1. The van der Waals surface area contributed by atoms with Crippen molar-refractivity contribution in [1.29, 1.82) is 0 Å². The maximum absolute atomic E-state index is 12.7. The van der Waals surface area contributed by atoms with Crippen molar-refractivity contribution in [2.45, 2.75) is 12.9 Å². The monoisotopic (exact) mass is 406 g/mol. The summed E-state index contributed by atoms with van der Waals surface area (Å²) in [6.45, 7) is 0.942. The van der Waals surface area contributed by atoms with Crippen LogP contribution in [-0.4, -0.2) is 36.3 Å². The lowest BCUT2D eigenvalue weighted by Crippen LogP contribution is -2.22. The Labute approximate surface area is 163 Å². The molecule has 0 aliphatic carbocycles. The van der Waals surface area contributed by atoms with Crippen LogP contribution in [0.3, 0.4) is 0 Å². The van der Waals surface area contributed by atoms with Gasteiger partial charge >= 0.3 is 6.36 Å². The van der Waals surface area contributed by atoms with Crippen molar-refractivity contribution < 1.29 is 32.2 Å². The van der Waals surface area contributed by atoms with Gasteiger partial charge in [0.25, 0.3) is 11.7 Å². The summed E-state index contributed by atoms with van der Waals surface area (Å²) < 4.78 is 47.3. The molecule has 0 unspecified atom stereocenters. The van der Waals surface area contributed by atoms with Crippen molar-refractivity contribution in [2.24, 2.45) is 0 Å². The highest BCUT2D eigenvalue weighted by atomic mass is 19.4. The molecule has 1 aromatic heterocycles. The molecule has 1 N–H and O–H groups in total. The predicted octanol–water partition coefficient (Wildman–Crippen LogP) is 4.01. The zero-order chi connectivity index (χ0) is 21.0. The highest BCUT2D eigenvalue weighted by molar-refractivity contribution is 6.48. The molecule has 1 heterocycles. The second-order valence-corrected chi connectivity index (χ2v) is 6.10. The molecule has 0 atom stereocenters. The Morgan fingerprint density at radius 2 is 1.76 bits per heavy atom. The number of hydrogen-bond donors (Lipinski definition) is 1. The van der Waals surface area contributed by atoms with E-state index in [1.165, 1.54) is 12.1 Å².